The summed E-state index contributed by atoms with van der Waals surface area (Å²) in [5.41, 5.74) is 2.10. The first-order valence-corrected chi connectivity index (χ1v) is 8.77. The molecule has 128 valence electrons. The molecule has 1 fully saturated rings. The minimum atomic E-state index is -0.0347. The van der Waals surface area contributed by atoms with Crippen molar-refractivity contribution >= 4 is 5.91 Å². The molecule has 0 unspecified atom stereocenters. The van der Waals surface area contributed by atoms with Crippen molar-refractivity contribution in [2.45, 2.75) is 38.1 Å². The summed E-state index contributed by atoms with van der Waals surface area (Å²) in [7, 11) is 0. The van der Waals surface area contributed by atoms with Crippen LogP contribution in [0.15, 0.2) is 48.5 Å². The largest absolute Gasteiger partial charge is 0.508 e. The molecule has 1 saturated heterocycles. The van der Waals surface area contributed by atoms with Crippen molar-refractivity contribution in [2.75, 3.05) is 6.54 Å². The number of carbonyl (C=O) groups excluding carboxylic acids is 1. The van der Waals surface area contributed by atoms with E-state index in [1.54, 1.807) is 30.3 Å². The highest BCUT2D eigenvalue weighted by Crippen LogP contribution is 2.24. The molecule has 1 heterocycles. The van der Waals surface area contributed by atoms with Gasteiger partial charge in [-0.05, 0) is 61.9 Å². The Labute approximate surface area is 148 Å². The molecule has 0 aliphatic carbocycles. The third-order valence-corrected chi connectivity index (χ3v) is 4.87. The number of amides is 1. The minimum absolute atomic E-state index is 0.0347. The lowest BCUT2D eigenvalue weighted by molar-refractivity contribution is 0.0601. The predicted octanol–water partition coefficient (Wildman–Crippen LogP) is 3.89. The van der Waals surface area contributed by atoms with Gasteiger partial charge in [0.05, 0.1) is 17.2 Å². The molecule has 0 radical (unpaired) electrons. The van der Waals surface area contributed by atoms with Gasteiger partial charge in [-0.25, -0.2) is 0 Å². The fraction of sp³-hybridized carbons (Fsp3) is 0.333. The number of piperidine rings is 1. The molecule has 1 aliphatic rings. The topological polar surface area (TPSA) is 64.3 Å². The third-order valence-electron chi connectivity index (χ3n) is 4.87. The zero-order valence-electron chi connectivity index (χ0n) is 14.2. The first-order chi connectivity index (χ1) is 12.2. The SMILES string of the molecule is N#Cc1ccccc1C(=O)N1CCCC[C@@H]1CCc1ccc(O)cc1. The monoisotopic (exact) mass is 334 g/mol. The normalized spacial score (nSPS) is 17.1. The summed E-state index contributed by atoms with van der Waals surface area (Å²) in [4.78, 5) is 14.9. The molecule has 1 atom stereocenters. The van der Waals surface area contributed by atoms with Crippen molar-refractivity contribution in [1.29, 1.82) is 5.26 Å². The summed E-state index contributed by atoms with van der Waals surface area (Å²) in [6.45, 7) is 0.749. The lowest BCUT2D eigenvalue weighted by Gasteiger charge is -2.36. The highest BCUT2D eigenvalue weighted by atomic mass is 16.3. The molecule has 25 heavy (non-hydrogen) atoms. The lowest BCUT2D eigenvalue weighted by atomic mass is 9.94. The highest BCUT2D eigenvalue weighted by Gasteiger charge is 2.28. The number of benzene rings is 2. The van der Waals surface area contributed by atoms with E-state index in [9.17, 15) is 15.2 Å². The summed E-state index contributed by atoms with van der Waals surface area (Å²) in [5.74, 6) is 0.235. The summed E-state index contributed by atoms with van der Waals surface area (Å²) in [5, 5.41) is 18.6. The van der Waals surface area contributed by atoms with Crippen LogP contribution in [0.4, 0.5) is 0 Å². The van der Waals surface area contributed by atoms with Crippen LogP contribution in [0.5, 0.6) is 5.75 Å². The molecule has 0 spiro atoms. The third kappa shape index (κ3) is 4.00. The van der Waals surface area contributed by atoms with Crippen LogP contribution in [-0.2, 0) is 6.42 Å². The van der Waals surface area contributed by atoms with Gasteiger partial charge in [0.2, 0.25) is 0 Å². The summed E-state index contributed by atoms with van der Waals surface area (Å²) in [6.07, 6.45) is 4.90. The van der Waals surface area contributed by atoms with Crippen LogP contribution in [0.1, 0.15) is 47.2 Å². The molecule has 0 aromatic heterocycles. The zero-order valence-corrected chi connectivity index (χ0v) is 14.2. The molecule has 1 aliphatic heterocycles. The number of carbonyl (C=O) groups is 1. The highest BCUT2D eigenvalue weighted by molar-refractivity contribution is 5.96. The fourth-order valence-corrected chi connectivity index (χ4v) is 3.49. The van der Waals surface area contributed by atoms with E-state index in [1.165, 1.54) is 0 Å². The van der Waals surface area contributed by atoms with Gasteiger partial charge in [0, 0.05) is 12.6 Å². The Morgan fingerprint density at radius 3 is 2.68 bits per heavy atom. The Hall–Kier alpha value is -2.80. The predicted molar refractivity (Wildman–Crippen MR) is 96.3 cm³/mol. The molecule has 1 N–H and O–H groups in total. The number of likely N-dealkylation sites (tertiary alicyclic amines) is 1. The molecule has 0 saturated carbocycles. The van der Waals surface area contributed by atoms with Crippen molar-refractivity contribution in [1.82, 2.24) is 4.90 Å². The Balaban J connectivity index is 1.73. The van der Waals surface area contributed by atoms with Gasteiger partial charge in [0.25, 0.3) is 5.91 Å². The van der Waals surface area contributed by atoms with Crippen LogP contribution in [0.3, 0.4) is 0 Å². The molecular weight excluding hydrogens is 312 g/mol. The lowest BCUT2D eigenvalue weighted by Crippen LogP contribution is -2.44. The van der Waals surface area contributed by atoms with Crippen molar-refractivity contribution < 1.29 is 9.90 Å². The van der Waals surface area contributed by atoms with Crippen LogP contribution in [-0.4, -0.2) is 28.5 Å². The maximum Gasteiger partial charge on any atom is 0.255 e. The minimum Gasteiger partial charge on any atom is -0.508 e. The van der Waals surface area contributed by atoms with Gasteiger partial charge in [-0.3, -0.25) is 4.79 Å². The van der Waals surface area contributed by atoms with E-state index in [0.29, 0.717) is 11.1 Å². The number of aromatic hydroxyl groups is 1. The Bertz CT molecular complexity index is 777. The summed E-state index contributed by atoms with van der Waals surface area (Å²) in [6, 6.07) is 16.6. The average molecular weight is 334 g/mol. The number of nitrogens with zero attached hydrogens (tertiary/aromatic N) is 2. The first kappa shape index (κ1) is 17.0. The van der Waals surface area contributed by atoms with E-state index in [0.717, 1.165) is 44.2 Å². The van der Waals surface area contributed by atoms with Gasteiger partial charge in [-0.2, -0.15) is 5.26 Å². The van der Waals surface area contributed by atoms with E-state index < -0.39 is 0 Å². The molecule has 4 nitrogen and oxygen atoms in total. The molecule has 1 amide bonds. The molecule has 0 bridgehead atoms. The Morgan fingerprint density at radius 1 is 1.16 bits per heavy atom. The van der Waals surface area contributed by atoms with E-state index in [1.807, 2.05) is 23.1 Å². The number of aryl methyl sites for hydroxylation is 1. The van der Waals surface area contributed by atoms with Crippen molar-refractivity contribution in [2.24, 2.45) is 0 Å². The van der Waals surface area contributed by atoms with Gasteiger partial charge in [-0.1, -0.05) is 24.3 Å². The van der Waals surface area contributed by atoms with Crippen molar-refractivity contribution in [3.8, 4) is 11.8 Å². The molecule has 2 aromatic carbocycles. The van der Waals surface area contributed by atoms with E-state index in [2.05, 4.69) is 6.07 Å². The van der Waals surface area contributed by atoms with Crippen LogP contribution >= 0.6 is 0 Å². The number of hydrogen-bond donors (Lipinski definition) is 1. The second-order valence-corrected chi connectivity index (χ2v) is 6.51. The number of nitriles is 1. The molecular formula is C21H22N2O2. The molecule has 3 rings (SSSR count). The zero-order chi connectivity index (χ0) is 17.6. The second kappa shape index (κ2) is 7.85. The molecule has 4 heteroatoms. The number of phenolic OH excluding ortho intramolecular Hbond substituents is 1. The van der Waals surface area contributed by atoms with E-state index in [4.69, 9.17) is 0 Å². The van der Waals surface area contributed by atoms with Gasteiger partial charge in [-0.15, -0.1) is 0 Å². The van der Waals surface area contributed by atoms with Crippen LogP contribution < -0.4 is 0 Å². The maximum atomic E-state index is 13.0. The van der Waals surface area contributed by atoms with Crippen molar-refractivity contribution in [3.63, 3.8) is 0 Å². The van der Waals surface area contributed by atoms with Gasteiger partial charge < -0.3 is 10.0 Å². The van der Waals surface area contributed by atoms with Crippen LogP contribution in [0, 0.1) is 11.3 Å². The maximum absolute atomic E-state index is 13.0. The number of rotatable bonds is 4. The van der Waals surface area contributed by atoms with E-state index in [-0.39, 0.29) is 17.7 Å². The summed E-state index contributed by atoms with van der Waals surface area (Å²) >= 11 is 0. The van der Waals surface area contributed by atoms with Gasteiger partial charge in [0.15, 0.2) is 0 Å². The fourth-order valence-electron chi connectivity index (χ4n) is 3.49. The average Bonchev–Trinajstić information content (AvgIpc) is 2.67. The number of hydrogen-bond acceptors (Lipinski definition) is 3. The smallest absolute Gasteiger partial charge is 0.255 e. The Kier molecular flexibility index (Phi) is 5.35. The van der Waals surface area contributed by atoms with E-state index >= 15 is 0 Å². The van der Waals surface area contributed by atoms with Crippen molar-refractivity contribution in [3.05, 3.63) is 65.2 Å². The molecule has 2 aromatic rings. The van der Waals surface area contributed by atoms with Gasteiger partial charge >= 0.3 is 0 Å². The van der Waals surface area contributed by atoms with Crippen LogP contribution in [0.25, 0.3) is 0 Å². The Morgan fingerprint density at radius 2 is 1.92 bits per heavy atom. The quantitative estimate of drug-likeness (QED) is 0.922. The van der Waals surface area contributed by atoms with Gasteiger partial charge in [0.1, 0.15) is 5.75 Å². The summed E-state index contributed by atoms with van der Waals surface area (Å²) < 4.78 is 0. The number of phenols is 1. The second-order valence-electron chi connectivity index (χ2n) is 6.51. The first-order valence-electron chi connectivity index (χ1n) is 8.77. The van der Waals surface area contributed by atoms with Crippen LogP contribution in [0.2, 0.25) is 0 Å². The standard InChI is InChI=1S/C21H22N2O2/c22-15-17-5-1-2-7-20(17)21(25)23-14-4-3-6-18(23)11-8-16-9-12-19(24)13-10-16/h1-2,5,7,9-10,12-13,18,24H,3-4,6,8,11,14H2/t18-/m1/s1.